The Kier molecular flexibility index (Phi) is 4.55. The molecule has 0 bridgehead atoms. The molecule has 9 heteroatoms. The summed E-state index contributed by atoms with van der Waals surface area (Å²) in [7, 11) is 1.46. The number of hydrogen-bond donors (Lipinski definition) is 3. The second-order valence-electron chi connectivity index (χ2n) is 5.90. The number of aromatic amines is 1. The van der Waals surface area contributed by atoms with Gasteiger partial charge >= 0.3 is 6.03 Å². The van der Waals surface area contributed by atoms with Crippen LogP contribution in [-0.4, -0.2) is 47.0 Å². The predicted molar refractivity (Wildman–Crippen MR) is 91.4 cm³/mol. The molecule has 0 aromatic carbocycles. The Bertz CT molecular complexity index is 878. The van der Waals surface area contributed by atoms with Crippen molar-refractivity contribution < 1.29 is 14.3 Å². The van der Waals surface area contributed by atoms with Gasteiger partial charge in [0.05, 0.1) is 18.5 Å². The number of methoxy groups -OCH3 is 1. The molecule has 3 rings (SSSR count). The minimum Gasteiger partial charge on any atom is -0.481 e. The number of carbonyl (C=O) groups is 2. The molecule has 2 aromatic heterocycles. The fourth-order valence-corrected chi connectivity index (χ4v) is 2.87. The van der Waals surface area contributed by atoms with Crippen LogP contribution in [0.25, 0.3) is 11.0 Å². The van der Waals surface area contributed by atoms with Crippen LogP contribution in [0.2, 0.25) is 0 Å². The van der Waals surface area contributed by atoms with Crippen LogP contribution in [0.15, 0.2) is 23.1 Å². The van der Waals surface area contributed by atoms with Crippen LogP contribution in [0.1, 0.15) is 12.8 Å². The topological polar surface area (TPSA) is 130 Å². The second-order valence-corrected chi connectivity index (χ2v) is 5.90. The highest BCUT2D eigenvalue weighted by molar-refractivity contribution is 5.91. The van der Waals surface area contributed by atoms with E-state index in [0.29, 0.717) is 30.8 Å². The van der Waals surface area contributed by atoms with Crippen LogP contribution in [0, 0.1) is 5.92 Å². The molecule has 9 nitrogen and oxygen atoms in total. The van der Waals surface area contributed by atoms with Gasteiger partial charge in [-0.25, -0.2) is 9.78 Å². The van der Waals surface area contributed by atoms with Gasteiger partial charge < -0.3 is 25.7 Å². The molecule has 0 aliphatic carbocycles. The molecular weight excluding hydrogens is 326 g/mol. The summed E-state index contributed by atoms with van der Waals surface area (Å²) in [5.41, 5.74) is 5.70. The van der Waals surface area contributed by atoms with Crippen molar-refractivity contribution in [3.05, 3.63) is 28.6 Å². The lowest BCUT2D eigenvalue weighted by Crippen LogP contribution is -2.46. The standard InChI is InChI=1S/C16H19N5O4/c1-25-12-5-4-10-13(20-12)14(22)11(7-18-10)19-16(24)21-6-2-3-9(8-21)15(17)23/h4-5,7,9H,2-3,6,8H2,1H3,(H2,17,23)(H,18,22)(H,19,24). The van der Waals surface area contributed by atoms with Gasteiger partial charge in [-0.2, -0.15) is 0 Å². The van der Waals surface area contributed by atoms with E-state index in [0.717, 1.165) is 0 Å². The summed E-state index contributed by atoms with van der Waals surface area (Å²) < 4.78 is 5.02. The Balaban J connectivity index is 1.82. The fraction of sp³-hybridized carbons (Fsp3) is 0.375. The molecule has 1 unspecified atom stereocenters. The van der Waals surface area contributed by atoms with Crippen LogP contribution in [-0.2, 0) is 4.79 Å². The Hall–Kier alpha value is -3.10. The van der Waals surface area contributed by atoms with Gasteiger partial charge in [0, 0.05) is 25.4 Å². The van der Waals surface area contributed by atoms with Crippen LogP contribution in [0.5, 0.6) is 5.88 Å². The van der Waals surface area contributed by atoms with Crippen molar-refractivity contribution >= 4 is 28.7 Å². The van der Waals surface area contributed by atoms with Gasteiger partial charge in [0.2, 0.25) is 17.2 Å². The number of carbonyl (C=O) groups excluding carboxylic acids is 2. The highest BCUT2D eigenvalue weighted by Crippen LogP contribution is 2.18. The molecule has 3 amide bonds. The molecule has 4 N–H and O–H groups in total. The summed E-state index contributed by atoms with van der Waals surface area (Å²) in [6.45, 7) is 0.756. The third-order valence-corrected chi connectivity index (χ3v) is 4.26. The number of nitrogens with zero attached hydrogens (tertiary/aromatic N) is 2. The number of likely N-dealkylation sites (tertiary alicyclic amines) is 1. The zero-order chi connectivity index (χ0) is 18.0. The van der Waals surface area contributed by atoms with Crippen molar-refractivity contribution in [2.45, 2.75) is 12.8 Å². The summed E-state index contributed by atoms with van der Waals surface area (Å²) in [5.74, 6) is -0.473. The van der Waals surface area contributed by atoms with E-state index in [9.17, 15) is 14.4 Å². The van der Waals surface area contributed by atoms with Crippen molar-refractivity contribution in [3.8, 4) is 5.88 Å². The van der Waals surface area contributed by atoms with Crippen molar-refractivity contribution in [3.63, 3.8) is 0 Å². The lowest BCUT2D eigenvalue weighted by Gasteiger charge is -2.31. The smallest absolute Gasteiger partial charge is 0.322 e. The summed E-state index contributed by atoms with van der Waals surface area (Å²) in [5, 5.41) is 2.58. The number of pyridine rings is 2. The number of hydrogen-bond acceptors (Lipinski definition) is 5. The van der Waals surface area contributed by atoms with Gasteiger partial charge in [0.15, 0.2) is 0 Å². The highest BCUT2D eigenvalue weighted by Gasteiger charge is 2.27. The first kappa shape index (κ1) is 16.7. The monoisotopic (exact) mass is 345 g/mol. The largest absolute Gasteiger partial charge is 0.481 e. The molecule has 0 radical (unpaired) electrons. The SMILES string of the molecule is COc1ccc2[nH]cc(NC(=O)N3CCCC(C(N)=O)C3)c(=O)c2n1. The molecule has 1 fully saturated rings. The first-order valence-corrected chi connectivity index (χ1v) is 7.91. The number of amides is 3. The number of aromatic nitrogens is 2. The number of primary amides is 1. The average Bonchev–Trinajstić information content (AvgIpc) is 2.63. The van der Waals surface area contributed by atoms with Crippen molar-refractivity contribution in [1.82, 2.24) is 14.9 Å². The molecule has 2 aromatic rings. The summed E-state index contributed by atoms with van der Waals surface area (Å²) in [6, 6.07) is 2.86. The van der Waals surface area contributed by atoms with Gasteiger partial charge in [-0.05, 0) is 18.9 Å². The predicted octanol–water partition coefficient (Wildman–Crippen LogP) is 0.661. The van der Waals surface area contributed by atoms with Gasteiger partial charge in [-0.15, -0.1) is 0 Å². The number of nitrogens with two attached hydrogens (primary N) is 1. The van der Waals surface area contributed by atoms with E-state index in [1.54, 1.807) is 12.1 Å². The van der Waals surface area contributed by atoms with Gasteiger partial charge in [0.1, 0.15) is 11.2 Å². The molecule has 1 atom stereocenters. The number of piperidine rings is 1. The Morgan fingerprint density at radius 2 is 2.24 bits per heavy atom. The molecular formula is C16H19N5O4. The third kappa shape index (κ3) is 3.39. The van der Waals surface area contributed by atoms with E-state index >= 15 is 0 Å². The zero-order valence-electron chi connectivity index (χ0n) is 13.7. The van der Waals surface area contributed by atoms with Crippen molar-refractivity contribution in [2.24, 2.45) is 11.7 Å². The summed E-state index contributed by atoms with van der Waals surface area (Å²) in [4.78, 5) is 44.8. The van der Waals surface area contributed by atoms with Gasteiger partial charge in [-0.1, -0.05) is 0 Å². The highest BCUT2D eigenvalue weighted by atomic mass is 16.5. The molecule has 132 valence electrons. The lowest BCUT2D eigenvalue weighted by atomic mass is 9.98. The molecule has 1 aliphatic rings. The number of anilines is 1. The van der Waals surface area contributed by atoms with Crippen LogP contribution in [0.3, 0.4) is 0 Å². The maximum atomic E-state index is 12.5. The second kappa shape index (κ2) is 6.80. The summed E-state index contributed by atoms with van der Waals surface area (Å²) >= 11 is 0. The first-order chi connectivity index (χ1) is 12.0. The fourth-order valence-electron chi connectivity index (χ4n) is 2.87. The quantitative estimate of drug-likeness (QED) is 0.752. The first-order valence-electron chi connectivity index (χ1n) is 7.91. The lowest BCUT2D eigenvalue weighted by molar-refractivity contribution is -0.123. The molecule has 25 heavy (non-hydrogen) atoms. The van der Waals surface area contributed by atoms with E-state index < -0.39 is 17.4 Å². The van der Waals surface area contributed by atoms with Crippen molar-refractivity contribution in [2.75, 3.05) is 25.5 Å². The summed E-state index contributed by atoms with van der Waals surface area (Å²) in [6.07, 6.45) is 2.78. The average molecular weight is 345 g/mol. The van der Waals surface area contributed by atoms with Crippen LogP contribution >= 0.6 is 0 Å². The number of fused-ring (bicyclic) bond motifs is 1. The Morgan fingerprint density at radius 1 is 1.44 bits per heavy atom. The van der Waals surface area contributed by atoms with Crippen LogP contribution < -0.4 is 21.2 Å². The minimum absolute atomic E-state index is 0.0828. The number of urea groups is 1. The molecule has 1 aliphatic heterocycles. The van der Waals surface area contributed by atoms with E-state index in [1.165, 1.54) is 18.2 Å². The minimum atomic E-state index is -0.446. The Labute approximate surface area is 143 Å². The van der Waals surface area contributed by atoms with E-state index in [1.807, 2.05) is 0 Å². The van der Waals surface area contributed by atoms with Crippen molar-refractivity contribution in [1.29, 1.82) is 0 Å². The van der Waals surface area contributed by atoms with E-state index in [4.69, 9.17) is 10.5 Å². The maximum Gasteiger partial charge on any atom is 0.322 e. The molecule has 0 saturated carbocycles. The van der Waals surface area contributed by atoms with Gasteiger partial charge in [-0.3, -0.25) is 9.59 Å². The Morgan fingerprint density at radius 3 is 2.96 bits per heavy atom. The number of H-pyrrole nitrogens is 1. The molecule has 1 saturated heterocycles. The van der Waals surface area contributed by atoms with E-state index in [-0.39, 0.29) is 23.7 Å². The third-order valence-electron chi connectivity index (χ3n) is 4.26. The normalized spacial score (nSPS) is 17.3. The maximum absolute atomic E-state index is 12.5. The number of rotatable bonds is 3. The van der Waals surface area contributed by atoms with Crippen LogP contribution in [0.4, 0.5) is 10.5 Å². The molecule has 0 spiro atoms. The molecule has 3 heterocycles. The number of ether oxygens (including phenoxy) is 1. The van der Waals surface area contributed by atoms with E-state index in [2.05, 4.69) is 15.3 Å². The van der Waals surface area contributed by atoms with Gasteiger partial charge in [0.25, 0.3) is 0 Å². The number of nitrogens with one attached hydrogen (secondary N) is 2. The zero-order valence-corrected chi connectivity index (χ0v) is 13.7.